The standard InChI is InChI=1S/C12H15NO3/c13-11(12(14)15)7-4-8-16-9-10-5-2-1-3-6-10/h1-7,11H,8-9,13H2,(H,14,15). The van der Waals surface area contributed by atoms with E-state index in [1.54, 1.807) is 6.08 Å². The average Bonchev–Trinajstić information content (AvgIpc) is 2.29. The second kappa shape index (κ2) is 6.76. The van der Waals surface area contributed by atoms with Crippen molar-refractivity contribution >= 4 is 5.97 Å². The molecule has 1 atom stereocenters. The summed E-state index contributed by atoms with van der Waals surface area (Å²) in [7, 11) is 0. The van der Waals surface area contributed by atoms with Gasteiger partial charge in [0, 0.05) is 0 Å². The first-order valence-corrected chi connectivity index (χ1v) is 4.97. The van der Waals surface area contributed by atoms with Crippen LogP contribution in [0.3, 0.4) is 0 Å². The molecule has 0 bridgehead atoms. The molecule has 0 aromatic heterocycles. The van der Waals surface area contributed by atoms with Gasteiger partial charge in [0.25, 0.3) is 0 Å². The number of hydrogen-bond donors (Lipinski definition) is 2. The van der Waals surface area contributed by atoms with Crippen molar-refractivity contribution in [2.24, 2.45) is 5.73 Å². The molecule has 4 heteroatoms. The maximum Gasteiger partial charge on any atom is 0.324 e. The number of nitrogens with two attached hydrogens (primary N) is 1. The molecule has 1 rings (SSSR count). The zero-order valence-corrected chi connectivity index (χ0v) is 8.87. The Morgan fingerprint density at radius 1 is 1.44 bits per heavy atom. The number of rotatable bonds is 6. The molecule has 0 radical (unpaired) electrons. The Labute approximate surface area is 94.3 Å². The molecule has 86 valence electrons. The van der Waals surface area contributed by atoms with E-state index >= 15 is 0 Å². The maximum atomic E-state index is 10.4. The molecule has 0 aliphatic carbocycles. The predicted molar refractivity (Wildman–Crippen MR) is 60.8 cm³/mol. The number of hydrogen-bond acceptors (Lipinski definition) is 3. The lowest BCUT2D eigenvalue weighted by Gasteiger charge is -2.01. The quantitative estimate of drug-likeness (QED) is 0.558. The SMILES string of the molecule is NC(C=CCOCc1ccccc1)C(=O)O. The van der Waals surface area contributed by atoms with Gasteiger partial charge in [-0.15, -0.1) is 0 Å². The van der Waals surface area contributed by atoms with Gasteiger partial charge in [0.2, 0.25) is 0 Å². The lowest BCUT2D eigenvalue weighted by molar-refractivity contribution is -0.137. The first-order valence-electron chi connectivity index (χ1n) is 4.97. The summed E-state index contributed by atoms with van der Waals surface area (Å²) >= 11 is 0. The van der Waals surface area contributed by atoms with Gasteiger partial charge in [-0.25, -0.2) is 0 Å². The van der Waals surface area contributed by atoms with E-state index in [0.29, 0.717) is 13.2 Å². The van der Waals surface area contributed by atoms with Crippen molar-refractivity contribution in [2.45, 2.75) is 12.6 Å². The van der Waals surface area contributed by atoms with Gasteiger partial charge in [-0.3, -0.25) is 4.79 Å². The normalized spacial score (nSPS) is 12.8. The van der Waals surface area contributed by atoms with Crippen LogP contribution in [0.1, 0.15) is 5.56 Å². The Bertz CT molecular complexity index is 349. The van der Waals surface area contributed by atoms with E-state index in [-0.39, 0.29) is 0 Å². The maximum absolute atomic E-state index is 10.4. The predicted octanol–water partition coefficient (Wildman–Crippen LogP) is 1.17. The molecule has 0 aliphatic rings. The number of benzene rings is 1. The van der Waals surface area contributed by atoms with Crippen molar-refractivity contribution in [3.8, 4) is 0 Å². The molecule has 0 saturated heterocycles. The summed E-state index contributed by atoms with van der Waals surface area (Å²) < 4.78 is 5.31. The summed E-state index contributed by atoms with van der Waals surface area (Å²) in [6.45, 7) is 0.864. The van der Waals surface area contributed by atoms with Crippen LogP contribution in [-0.2, 0) is 16.1 Å². The summed E-state index contributed by atoms with van der Waals surface area (Å²) in [5, 5.41) is 8.50. The third-order valence-electron chi connectivity index (χ3n) is 1.95. The molecule has 4 nitrogen and oxygen atoms in total. The van der Waals surface area contributed by atoms with Crippen LogP contribution in [0.15, 0.2) is 42.5 Å². The number of carboxylic acid groups (broad SMARTS) is 1. The molecule has 16 heavy (non-hydrogen) atoms. The molecule has 1 unspecified atom stereocenters. The summed E-state index contributed by atoms with van der Waals surface area (Å²) in [5.41, 5.74) is 6.35. The number of carbonyl (C=O) groups is 1. The van der Waals surface area contributed by atoms with Crippen molar-refractivity contribution in [3.05, 3.63) is 48.0 Å². The molecule has 3 N–H and O–H groups in total. The van der Waals surface area contributed by atoms with E-state index in [0.717, 1.165) is 5.56 Å². The third kappa shape index (κ3) is 4.72. The van der Waals surface area contributed by atoms with E-state index in [1.807, 2.05) is 30.3 Å². The molecule has 1 aromatic carbocycles. The molecular weight excluding hydrogens is 206 g/mol. The highest BCUT2D eigenvalue weighted by Gasteiger charge is 2.04. The van der Waals surface area contributed by atoms with E-state index < -0.39 is 12.0 Å². The van der Waals surface area contributed by atoms with Crippen LogP contribution in [-0.4, -0.2) is 23.7 Å². The van der Waals surface area contributed by atoms with Crippen LogP contribution < -0.4 is 5.73 Å². The molecule has 0 amide bonds. The van der Waals surface area contributed by atoms with Crippen LogP contribution in [0.2, 0.25) is 0 Å². The van der Waals surface area contributed by atoms with Crippen molar-refractivity contribution < 1.29 is 14.6 Å². The molecule has 0 fully saturated rings. The number of aliphatic carboxylic acids is 1. The van der Waals surface area contributed by atoms with Gasteiger partial charge in [0.1, 0.15) is 6.04 Å². The zero-order chi connectivity index (χ0) is 11.8. The fourth-order valence-corrected chi connectivity index (χ4v) is 1.10. The third-order valence-corrected chi connectivity index (χ3v) is 1.95. The van der Waals surface area contributed by atoms with Crippen LogP contribution in [0.4, 0.5) is 0 Å². The lowest BCUT2D eigenvalue weighted by atomic mass is 10.2. The van der Waals surface area contributed by atoms with Gasteiger partial charge in [-0.1, -0.05) is 42.5 Å². The zero-order valence-electron chi connectivity index (χ0n) is 8.87. The van der Waals surface area contributed by atoms with E-state index in [1.165, 1.54) is 6.08 Å². The Morgan fingerprint density at radius 3 is 2.75 bits per heavy atom. The van der Waals surface area contributed by atoms with Gasteiger partial charge in [-0.05, 0) is 5.56 Å². The van der Waals surface area contributed by atoms with Crippen molar-refractivity contribution in [1.82, 2.24) is 0 Å². The van der Waals surface area contributed by atoms with E-state index in [9.17, 15) is 4.79 Å². The minimum atomic E-state index is -1.04. The fraction of sp³-hybridized carbons (Fsp3) is 0.250. The Morgan fingerprint density at radius 2 is 2.12 bits per heavy atom. The highest BCUT2D eigenvalue weighted by atomic mass is 16.5. The molecule has 0 aliphatic heterocycles. The molecule has 0 saturated carbocycles. The largest absolute Gasteiger partial charge is 0.480 e. The summed E-state index contributed by atoms with van der Waals surface area (Å²) in [6.07, 6.45) is 3.02. The number of carboxylic acids is 1. The fourth-order valence-electron chi connectivity index (χ4n) is 1.10. The number of ether oxygens (including phenoxy) is 1. The summed E-state index contributed by atoms with van der Waals surface area (Å²) in [6, 6.07) is 8.79. The topological polar surface area (TPSA) is 72.5 Å². The highest BCUT2D eigenvalue weighted by Crippen LogP contribution is 2.00. The summed E-state index contributed by atoms with van der Waals surface area (Å²) in [4.78, 5) is 10.4. The molecule has 0 heterocycles. The Kier molecular flexibility index (Phi) is 5.25. The van der Waals surface area contributed by atoms with Crippen molar-refractivity contribution in [3.63, 3.8) is 0 Å². The van der Waals surface area contributed by atoms with Crippen LogP contribution in [0.5, 0.6) is 0 Å². The first kappa shape index (κ1) is 12.4. The Hall–Kier alpha value is -1.65. The second-order valence-corrected chi connectivity index (χ2v) is 3.29. The van der Waals surface area contributed by atoms with Gasteiger partial charge >= 0.3 is 5.97 Å². The molecule has 0 spiro atoms. The lowest BCUT2D eigenvalue weighted by Crippen LogP contribution is -2.27. The van der Waals surface area contributed by atoms with E-state index in [2.05, 4.69) is 0 Å². The second-order valence-electron chi connectivity index (χ2n) is 3.29. The highest BCUT2D eigenvalue weighted by molar-refractivity contribution is 5.75. The van der Waals surface area contributed by atoms with Gasteiger partial charge in [0.15, 0.2) is 0 Å². The average molecular weight is 221 g/mol. The van der Waals surface area contributed by atoms with Crippen LogP contribution in [0, 0.1) is 0 Å². The smallest absolute Gasteiger partial charge is 0.324 e. The van der Waals surface area contributed by atoms with Crippen LogP contribution >= 0.6 is 0 Å². The van der Waals surface area contributed by atoms with Gasteiger partial charge in [0.05, 0.1) is 13.2 Å². The Balaban J connectivity index is 2.20. The minimum absolute atomic E-state index is 0.357. The molecular formula is C12H15NO3. The van der Waals surface area contributed by atoms with E-state index in [4.69, 9.17) is 15.6 Å². The van der Waals surface area contributed by atoms with Gasteiger partial charge < -0.3 is 15.6 Å². The monoisotopic (exact) mass is 221 g/mol. The van der Waals surface area contributed by atoms with Crippen molar-refractivity contribution in [2.75, 3.05) is 6.61 Å². The van der Waals surface area contributed by atoms with Crippen molar-refractivity contribution in [1.29, 1.82) is 0 Å². The van der Waals surface area contributed by atoms with Gasteiger partial charge in [-0.2, -0.15) is 0 Å². The summed E-state index contributed by atoms with van der Waals surface area (Å²) in [5.74, 6) is -1.04. The van der Waals surface area contributed by atoms with Crippen LogP contribution in [0.25, 0.3) is 0 Å². The first-order chi connectivity index (χ1) is 7.70. The minimum Gasteiger partial charge on any atom is -0.480 e. The molecule has 1 aromatic rings.